The summed E-state index contributed by atoms with van der Waals surface area (Å²) in [6, 6.07) is 11.0. The molecule has 1 aromatic heterocycles. The number of nitrogens with zero attached hydrogens (tertiary/aromatic N) is 2. The van der Waals surface area contributed by atoms with E-state index in [1.807, 2.05) is 12.1 Å². The van der Waals surface area contributed by atoms with E-state index in [1.165, 1.54) is 10.1 Å². The maximum Gasteiger partial charge on any atom is 0.354 e. The Labute approximate surface area is 148 Å². The van der Waals surface area contributed by atoms with Gasteiger partial charge in [0.05, 0.1) is 5.69 Å². The van der Waals surface area contributed by atoms with E-state index in [0.29, 0.717) is 18.1 Å². The van der Waals surface area contributed by atoms with Gasteiger partial charge in [0.25, 0.3) is 0 Å². The van der Waals surface area contributed by atoms with Gasteiger partial charge in [-0.25, -0.2) is 4.79 Å². The number of nitrogens with one attached hydrogen (secondary N) is 1. The predicted octanol–water partition coefficient (Wildman–Crippen LogP) is 1.61. The van der Waals surface area contributed by atoms with Crippen molar-refractivity contribution >= 4 is 5.82 Å². The van der Waals surface area contributed by atoms with Crippen molar-refractivity contribution in [3.8, 4) is 5.69 Å². The number of nitrogen functional groups attached to an aromatic ring is 1. The number of hydrogen-bond acceptors (Lipinski definition) is 5. The molecule has 1 atom stereocenters. The summed E-state index contributed by atoms with van der Waals surface area (Å²) in [7, 11) is 0. The van der Waals surface area contributed by atoms with Crippen LogP contribution in [-0.4, -0.2) is 27.7 Å². The molecule has 0 spiro atoms. The minimum absolute atomic E-state index is 0.237. The van der Waals surface area contributed by atoms with Crippen LogP contribution in [-0.2, 0) is 6.42 Å². The molecule has 6 nitrogen and oxygen atoms in total. The summed E-state index contributed by atoms with van der Waals surface area (Å²) in [4.78, 5) is 15.7. The molecule has 0 aliphatic heterocycles. The van der Waals surface area contributed by atoms with Gasteiger partial charge in [0.15, 0.2) is 0 Å². The monoisotopic (exact) mass is 341 g/mol. The van der Waals surface area contributed by atoms with E-state index in [4.69, 9.17) is 11.5 Å². The Morgan fingerprint density at radius 2 is 1.88 bits per heavy atom. The van der Waals surface area contributed by atoms with Gasteiger partial charge in [-0.3, -0.25) is 4.57 Å². The van der Waals surface area contributed by atoms with Crippen LogP contribution in [0.2, 0.25) is 0 Å². The second-order valence-electron chi connectivity index (χ2n) is 7.05. The van der Waals surface area contributed by atoms with Crippen LogP contribution >= 0.6 is 0 Å². The summed E-state index contributed by atoms with van der Waals surface area (Å²) in [6.45, 7) is 2.22. The number of aromatic nitrogens is 2. The van der Waals surface area contributed by atoms with Crippen molar-refractivity contribution in [2.75, 3.05) is 5.73 Å². The molecule has 0 bridgehead atoms. The highest BCUT2D eigenvalue weighted by Gasteiger charge is 2.19. The van der Waals surface area contributed by atoms with E-state index in [9.17, 15) is 4.79 Å². The van der Waals surface area contributed by atoms with Gasteiger partial charge in [0.1, 0.15) is 5.82 Å². The van der Waals surface area contributed by atoms with Crippen molar-refractivity contribution in [3.63, 3.8) is 0 Å². The first-order valence-electron chi connectivity index (χ1n) is 8.97. The van der Waals surface area contributed by atoms with Crippen molar-refractivity contribution in [2.45, 2.75) is 57.2 Å². The van der Waals surface area contributed by atoms with Gasteiger partial charge in [-0.15, -0.1) is 0 Å². The highest BCUT2D eigenvalue weighted by Crippen LogP contribution is 2.18. The lowest BCUT2D eigenvalue weighted by Crippen LogP contribution is -2.42. The first-order valence-corrected chi connectivity index (χ1v) is 8.97. The van der Waals surface area contributed by atoms with E-state index in [2.05, 4.69) is 29.4 Å². The van der Waals surface area contributed by atoms with Gasteiger partial charge < -0.3 is 16.8 Å². The number of hydrogen-bond donors (Lipinski definition) is 3. The smallest absolute Gasteiger partial charge is 0.354 e. The van der Waals surface area contributed by atoms with Crippen molar-refractivity contribution < 1.29 is 0 Å². The number of rotatable bonds is 5. The molecule has 5 N–H and O–H groups in total. The SMILES string of the molecule is CC(Cc1ccc(-n2ccc(N)nc2=O)cc1)NC1CCC(N)CC1. The molecule has 0 saturated heterocycles. The largest absolute Gasteiger partial charge is 0.383 e. The van der Waals surface area contributed by atoms with Crippen molar-refractivity contribution in [1.82, 2.24) is 14.9 Å². The molecule has 2 aromatic rings. The van der Waals surface area contributed by atoms with Gasteiger partial charge in [-0.05, 0) is 62.8 Å². The second kappa shape index (κ2) is 7.80. The van der Waals surface area contributed by atoms with Gasteiger partial charge >= 0.3 is 5.69 Å². The Bertz CT molecular complexity index is 747. The lowest BCUT2D eigenvalue weighted by Gasteiger charge is -2.29. The minimum atomic E-state index is -0.363. The molecule has 6 heteroatoms. The molecule has 3 rings (SSSR count). The molecular weight excluding hydrogens is 314 g/mol. The van der Waals surface area contributed by atoms with Crippen LogP contribution in [0.4, 0.5) is 5.82 Å². The first kappa shape index (κ1) is 17.6. The number of anilines is 1. The second-order valence-corrected chi connectivity index (χ2v) is 7.05. The van der Waals surface area contributed by atoms with Crippen LogP contribution in [0.15, 0.2) is 41.3 Å². The van der Waals surface area contributed by atoms with Crippen LogP contribution in [0, 0.1) is 0 Å². The summed E-state index contributed by atoms with van der Waals surface area (Å²) < 4.78 is 1.49. The molecule has 1 aliphatic carbocycles. The highest BCUT2D eigenvalue weighted by molar-refractivity contribution is 5.36. The molecule has 1 heterocycles. The lowest BCUT2D eigenvalue weighted by atomic mass is 9.91. The molecule has 134 valence electrons. The van der Waals surface area contributed by atoms with Crippen LogP contribution in [0.25, 0.3) is 5.69 Å². The zero-order chi connectivity index (χ0) is 17.8. The number of benzene rings is 1. The molecule has 1 fully saturated rings. The fourth-order valence-corrected chi connectivity index (χ4v) is 3.51. The Morgan fingerprint density at radius 3 is 2.52 bits per heavy atom. The molecular formula is C19H27N5O. The van der Waals surface area contributed by atoms with Crippen LogP contribution in [0.1, 0.15) is 38.2 Å². The lowest BCUT2D eigenvalue weighted by molar-refractivity contribution is 0.319. The summed E-state index contributed by atoms with van der Waals surface area (Å²) in [5.41, 5.74) is 13.2. The van der Waals surface area contributed by atoms with E-state index in [1.54, 1.807) is 12.3 Å². The molecule has 1 saturated carbocycles. The van der Waals surface area contributed by atoms with E-state index in [0.717, 1.165) is 37.8 Å². The molecule has 25 heavy (non-hydrogen) atoms. The maximum atomic E-state index is 11.9. The average Bonchev–Trinajstić information content (AvgIpc) is 2.58. The summed E-state index contributed by atoms with van der Waals surface area (Å²) >= 11 is 0. The molecule has 0 amide bonds. The van der Waals surface area contributed by atoms with E-state index in [-0.39, 0.29) is 11.5 Å². The van der Waals surface area contributed by atoms with Crippen molar-refractivity contribution in [3.05, 3.63) is 52.6 Å². The maximum absolute atomic E-state index is 11.9. The van der Waals surface area contributed by atoms with E-state index >= 15 is 0 Å². The zero-order valence-electron chi connectivity index (χ0n) is 14.7. The molecule has 1 aliphatic rings. The van der Waals surface area contributed by atoms with Crippen LogP contribution in [0.3, 0.4) is 0 Å². The summed E-state index contributed by atoms with van der Waals surface area (Å²) in [5, 5.41) is 3.71. The Morgan fingerprint density at radius 1 is 1.20 bits per heavy atom. The zero-order valence-corrected chi connectivity index (χ0v) is 14.7. The number of nitrogens with two attached hydrogens (primary N) is 2. The van der Waals surface area contributed by atoms with E-state index < -0.39 is 0 Å². The predicted molar refractivity (Wildman–Crippen MR) is 101 cm³/mol. The normalized spacial score (nSPS) is 21.8. The molecule has 1 aromatic carbocycles. The van der Waals surface area contributed by atoms with Crippen molar-refractivity contribution in [2.24, 2.45) is 5.73 Å². The summed E-state index contributed by atoms with van der Waals surface area (Å²) in [5.74, 6) is 0.237. The third kappa shape index (κ3) is 4.67. The van der Waals surface area contributed by atoms with Crippen molar-refractivity contribution in [1.29, 1.82) is 0 Å². The topological polar surface area (TPSA) is 99.0 Å². The third-order valence-electron chi connectivity index (χ3n) is 4.87. The minimum Gasteiger partial charge on any atom is -0.383 e. The van der Waals surface area contributed by atoms with Crippen LogP contribution < -0.4 is 22.5 Å². The standard InChI is InChI=1S/C19H27N5O/c1-13(22-16-6-4-15(20)5-7-16)12-14-2-8-17(9-3-14)24-11-10-18(21)23-19(24)25/h2-3,8-11,13,15-16,22H,4-7,12,20H2,1H3,(H2,21,23,25). The first-order chi connectivity index (χ1) is 12.0. The molecule has 0 radical (unpaired) electrons. The third-order valence-corrected chi connectivity index (χ3v) is 4.87. The fourth-order valence-electron chi connectivity index (χ4n) is 3.51. The molecule has 1 unspecified atom stereocenters. The van der Waals surface area contributed by atoms with Gasteiger partial charge in [-0.2, -0.15) is 4.98 Å². The fraction of sp³-hybridized carbons (Fsp3) is 0.474. The average molecular weight is 341 g/mol. The Kier molecular flexibility index (Phi) is 5.50. The Hall–Kier alpha value is -2.18. The van der Waals surface area contributed by atoms with Gasteiger partial charge in [-0.1, -0.05) is 12.1 Å². The Balaban J connectivity index is 1.59. The summed E-state index contributed by atoms with van der Waals surface area (Å²) in [6.07, 6.45) is 7.16. The van der Waals surface area contributed by atoms with Crippen LogP contribution in [0.5, 0.6) is 0 Å². The van der Waals surface area contributed by atoms with Gasteiger partial charge in [0, 0.05) is 24.3 Å². The quantitative estimate of drug-likeness (QED) is 0.767. The highest BCUT2D eigenvalue weighted by atomic mass is 16.1. The van der Waals surface area contributed by atoms with Gasteiger partial charge in [0.2, 0.25) is 0 Å².